The number of aliphatic hydroxyl groups is 2. The van der Waals surface area contributed by atoms with E-state index >= 15 is 0 Å². The summed E-state index contributed by atoms with van der Waals surface area (Å²) >= 11 is 0. The maximum atomic E-state index is 10.2. The van der Waals surface area contributed by atoms with Gasteiger partial charge in [0.1, 0.15) is 17.1 Å². The molecule has 2 atom stereocenters. The molecule has 1 aliphatic heterocycles. The van der Waals surface area contributed by atoms with Gasteiger partial charge in [-0.3, -0.25) is 0 Å². The van der Waals surface area contributed by atoms with Gasteiger partial charge in [-0.1, -0.05) is 30.3 Å². The molecule has 2 unspecified atom stereocenters. The monoisotopic (exact) mass is 321 g/mol. The van der Waals surface area contributed by atoms with Gasteiger partial charge in [-0.15, -0.1) is 0 Å². The second-order valence-electron chi connectivity index (χ2n) is 5.49. The van der Waals surface area contributed by atoms with Crippen molar-refractivity contribution in [2.24, 2.45) is 4.99 Å². The van der Waals surface area contributed by atoms with E-state index in [1.54, 1.807) is 48.6 Å². The lowest BCUT2D eigenvalue weighted by Gasteiger charge is -2.22. The van der Waals surface area contributed by atoms with Crippen LogP contribution < -0.4 is 9.47 Å². The Morgan fingerprint density at radius 3 is 2.79 bits per heavy atom. The summed E-state index contributed by atoms with van der Waals surface area (Å²) in [5.74, 6) is 1.50. The van der Waals surface area contributed by atoms with E-state index in [1.165, 1.54) is 0 Å². The van der Waals surface area contributed by atoms with Crippen LogP contribution in [0.15, 0.2) is 77.5 Å². The van der Waals surface area contributed by atoms with E-state index in [-0.39, 0.29) is 0 Å². The Balaban J connectivity index is 1.59. The summed E-state index contributed by atoms with van der Waals surface area (Å²) in [7, 11) is 0. The summed E-state index contributed by atoms with van der Waals surface area (Å²) in [4.78, 5) is 4.49. The molecule has 2 aliphatic rings. The molecule has 0 amide bonds. The van der Waals surface area contributed by atoms with E-state index in [0.717, 1.165) is 0 Å². The van der Waals surface area contributed by atoms with E-state index < -0.39 is 12.4 Å². The number of fused-ring (bicyclic) bond motifs is 2. The fraction of sp³-hybridized carbons (Fsp3) is 0.105. The molecule has 1 aliphatic carbocycles. The van der Waals surface area contributed by atoms with Gasteiger partial charge in [-0.2, -0.15) is 0 Å². The molecule has 2 N–H and O–H groups in total. The Bertz CT molecular complexity index is 855. The van der Waals surface area contributed by atoms with Gasteiger partial charge in [-0.25, -0.2) is 4.99 Å². The highest BCUT2D eigenvalue weighted by molar-refractivity contribution is 6.10. The smallest absolute Gasteiger partial charge is 0.224 e. The highest BCUT2D eigenvalue weighted by atomic mass is 16.6. The highest BCUT2D eigenvalue weighted by Crippen LogP contribution is 2.38. The molecule has 0 saturated carbocycles. The molecule has 0 saturated heterocycles. The molecule has 120 valence electrons. The third-order valence-electron chi connectivity index (χ3n) is 3.75. The van der Waals surface area contributed by atoms with E-state index in [2.05, 4.69) is 4.99 Å². The summed E-state index contributed by atoms with van der Waals surface area (Å²) in [6.07, 6.45) is 3.22. The average Bonchev–Trinajstić information content (AvgIpc) is 2.60. The van der Waals surface area contributed by atoms with Gasteiger partial charge < -0.3 is 19.7 Å². The first-order chi connectivity index (χ1) is 11.7. The first-order valence-electron chi connectivity index (χ1n) is 7.58. The molecule has 0 bridgehead atoms. The molecule has 1 heterocycles. The molecular weight excluding hydrogens is 306 g/mol. The van der Waals surface area contributed by atoms with Crippen LogP contribution in [0.3, 0.4) is 0 Å². The first kappa shape index (κ1) is 14.7. The molecule has 0 fully saturated rings. The predicted octanol–water partition coefficient (Wildman–Crippen LogP) is 3.04. The Kier molecular flexibility index (Phi) is 3.65. The first-order valence-corrected chi connectivity index (χ1v) is 7.58. The van der Waals surface area contributed by atoms with Crippen LogP contribution in [0.5, 0.6) is 11.5 Å². The Morgan fingerprint density at radius 1 is 1.12 bits per heavy atom. The second kappa shape index (κ2) is 5.96. The van der Waals surface area contributed by atoms with Gasteiger partial charge in [0.05, 0.1) is 6.10 Å². The van der Waals surface area contributed by atoms with Gasteiger partial charge in [0.2, 0.25) is 6.29 Å². The number of nitrogens with zero attached hydrogens (tertiary/aromatic N) is 1. The molecule has 0 radical (unpaired) electrons. The lowest BCUT2D eigenvalue weighted by atomic mass is 10.1. The number of aliphatic imine (C=N–C) groups is 1. The number of ether oxygens (including phenoxy) is 2. The number of allylic oxidation sites excluding steroid dienone is 1. The van der Waals surface area contributed by atoms with Crippen molar-refractivity contribution in [1.82, 2.24) is 0 Å². The fourth-order valence-electron chi connectivity index (χ4n) is 2.55. The third kappa shape index (κ3) is 2.82. The standard InChI is InChI=1S/C19H15NO4/c21-13-6-8-15-17(10-13)24-18-11-14(7-9-16(18)20-15)23-19(22)12-4-2-1-3-5-12/h1-11,13,19,21-22H. The molecule has 0 spiro atoms. The van der Waals surface area contributed by atoms with Crippen molar-refractivity contribution in [2.45, 2.75) is 12.4 Å². The van der Waals surface area contributed by atoms with Crippen LogP contribution in [-0.4, -0.2) is 22.0 Å². The van der Waals surface area contributed by atoms with Crippen molar-refractivity contribution in [1.29, 1.82) is 0 Å². The van der Waals surface area contributed by atoms with Crippen molar-refractivity contribution in [3.63, 3.8) is 0 Å². The summed E-state index contributed by atoms with van der Waals surface area (Å²) in [5, 5.41) is 19.8. The van der Waals surface area contributed by atoms with Crippen LogP contribution in [0.1, 0.15) is 11.9 Å². The topological polar surface area (TPSA) is 71.3 Å². The van der Waals surface area contributed by atoms with Crippen molar-refractivity contribution < 1.29 is 19.7 Å². The zero-order valence-electron chi connectivity index (χ0n) is 12.7. The highest BCUT2D eigenvalue weighted by Gasteiger charge is 2.21. The summed E-state index contributed by atoms with van der Waals surface area (Å²) < 4.78 is 11.4. The predicted molar refractivity (Wildman–Crippen MR) is 89.4 cm³/mol. The number of benzene rings is 2. The van der Waals surface area contributed by atoms with Gasteiger partial charge in [0.15, 0.2) is 11.5 Å². The van der Waals surface area contributed by atoms with Crippen LogP contribution in [0, 0.1) is 0 Å². The molecule has 2 aromatic carbocycles. The maximum Gasteiger partial charge on any atom is 0.224 e. The fourth-order valence-corrected chi connectivity index (χ4v) is 2.55. The SMILES string of the molecule is OC1C=CC2=Nc3ccc(OC(O)c4ccccc4)cc3OC2=C1. The number of hydrogen-bond donors (Lipinski definition) is 2. The third-order valence-corrected chi connectivity index (χ3v) is 3.75. The molecular formula is C19H15NO4. The van der Waals surface area contributed by atoms with Crippen LogP contribution in [0.2, 0.25) is 0 Å². The minimum Gasteiger partial charge on any atom is -0.461 e. The largest absolute Gasteiger partial charge is 0.461 e. The Hall–Kier alpha value is -2.89. The number of hydrogen-bond acceptors (Lipinski definition) is 5. The zero-order chi connectivity index (χ0) is 16.5. The van der Waals surface area contributed by atoms with Gasteiger partial charge in [0.25, 0.3) is 0 Å². The summed E-state index contributed by atoms with van der Waals surface area (Å²) in [6.45, 7) is 0. The minimum absolute atomic E-state index is 0.469. The van der Waals surface area contributed by atoms with Gasteiger partial charge in [0, 0.05) is 11.6 Å². The Morgan fingerprint density at radius 2 is 1.96 bits per heavy atom. The lowest BCUT2D eigenvalue weighted by Crippen LogP contribution is -2.18. The number of aliphatic hydroxyl groups excluding tert-OH is 2. The minimum atomic E-state index is -1.06. The van der Waals surface area contributed by atoms with Crippen LogP contribution in [0.4, 0.5) is 5.69 Å². The van der Waals surface area contributed by atoms with E-state index in [4.69, 9.17) is 9.47 Å². The normalized spacial score (nSPS) is 19.3. The average molecular weight is 321 g/mol. The second-order valence-corrected chi connectivity index (χ2v) is 5.49. The van der Waals surface area contributed by atoms with E-state index in [9.17, 15) is 10.2 Å². The van der Waals surface area contributed by atoms with Crippen molar-refractivity contribution >= 4 is 11.4 Å². The lowest BCUT2D eigenvalue weighted by molar-refractivity contribution is -0.0195. The van der Waals surface area contributed by atoms with E-state index in [1.807, 2.05) is 18.2 Å². The molecule has 24 heavy (non-hydrogen) atoms. The number of rotatable bonds is 3. The van der Waals surface area contributed by atoms with Crippen LogP contribution in [0.25, 0.3) is 0 Å². The molecule has 2 aromatic rings. The maximum absolute atomic E-state index is 10.2. The van der Waals surface area contributed by atoms with Crippen LogP contribution >= 0.6 is 0 Å². The molecule has 0 aromatic heterocycles. The van der Waals surface area contributed by atoms with E-state index in [0.29, 0.717) is 34.2 Å². The quantitative estimate of drug-likeness (QED) is 0.853. The van der Waals surface area contributed by atoms with Crippen molar-refractivity contribution in [3.8, 4) is 11.5 Å². The molecule has 4 rings (SSSR count). The Labute approximate surface area is 138 Å². The summed E-state index contributed by atoms with van der Waals surface area (Å²) in [5.41, 5.74) is 2.01. The van der Waals surface area contributed by atoms with Gasteiger partial charge >= 0.3 is 0 Å². The molecule has 5 heteroatoms. The molecule has 5 nitrogen and oxygen atoms in total. The van der Waals surface area contributed by atoms with Gasteiger partial charge in [-0.05, 0) is 30.4 Å². The summed E-state index contributed by atoms with van der Waals surface area (Å²) in [6, 6.07) is 14.3. The van der Waals surface area contributed by atoms with Crippen molar-refractivity contribution in [3.05, 3.63) is 78.1 Å². The zero-order valence-corrected chi connectivity index (χ0v) is 12.7. The van der Waals surface area contributed by atoms with Crippen LogP contribution in [-0.2, 0) is 0 Å². The van der Waals surface area contributed by atoms with Crippen molar-refractivity contribution in [2.75, 3.05) is 0 Å².